The van der Waals surface area contributed by atoms with E-state index in [0.717, 1.165) is 5.56 Å². The molecule has 1 aromatic carbocycles. The SMILES string of the molecule is CC(C)N1C(=O)/C(=C/c2ccc(Cl)cc2)SC1=S. The Morgan fingerprint density at radius 2 is 1.94 bits per heavy atom. The average Bonchev–Trinajstić information content (AvgIpc) is 2.57. The van der Waals surface area contributed by atoms with Crippen LogP contribution in [-0.2, 0) is 4.79 Å². The Balaban J connectivity index is 2.28. The highest BCUT2D eigenvalue weighted by Gasteiger charge is 2.33. The second kappa shape index (κ2) is 5.43. The van der Waals surface area contributed by atoms with Crippen LogP contribution in [0.3, 0.4) is 0 Å². The quantitative estimate of drug-likeness (QED) is 0.609. The van der Waals surface area contributed by atoms with Crippen LogP contribution < -0.4 is 0 Å². The summed E-state index contributed by atoms with van der Waals surface area (Å²) in [4.78, 5) is 14.5. The maximum Gasteiger partial charge on any atom is 0.266 e. The Kier molecular flexibility index (Phi) is 4.10. The molecule has 1 amide bonds. The molecule has 1 aromatic rings. The molecule has 0 N–H and O–H groups in total. The van der Waals surface area contributed by atoms with Crippen molar-refractivity contribution >= 4 is 51.9 Å². The second-order valence-electron chi connectivity index (χ2n) is 4.20. The average molecular weight is 298 g/mol. The summed E-state index contributed by atoms with van der Waals surface area (Å²) in [6, 6.07) is 7.45. The molecule has 1 aliphatic heterocycles. The monoisotopic (exact) mass is 297 g/mol. The highest BCUT2D eigenvalue weighted by atomic mass is 35.5. The van der Waals surface area contributed by atoms with Crippen LogP contribution in [-0.4, -0.2) is 21.2 Å². The summed E-state index contributed by atoms with van der Waals surface area (Å²) >= 11 is 12.4. The van der Waals surface area contributed by atoms with E-state index in [1.165, 1.54) is 11.8 Å². The highest BCUT2D eigenvalue weighted by Crippen LogP contribution is 2.33. The molecular formula is C13H12ClNOS2. The summed E-state index contributed by atoms with van der Waals surface area (Å²) in [5, 5.41) is 0.682. The first-order valence-corrected chi connectivity index (χ1v) is 7.12. The lowest BCUT2D eigenvalue weighted by Gasteiger charge is -2.18. The molecular weight excluding hydrogens is 286 g/mol. The van der Waals surface area contributed by atoms with Gasteiger partial charge in [0.05, 0.1) is 4.91 Å². The molecule has 1 saturated heterocycles. The fraction of sp³-hybridized carbons (Fsp3) is 0.231. The normalized spacial score (nSPS) is 18.2. The Labute approximate surface area is 121 Å². The van der Waals surface area contributed by atoms with Gasteiger partial charge in [0.25, 0.3) is 5.91 Å². The molecule has 0 spiro atoms. The van der Waals surface area contributed by atoms with Gasteiger partial charge in [0.15, 0.2) is 0 Å². The van der Waals surface area contributed by atoms with Crippen LogP contribution in [0.1, 0.15) is 19.4 Å². The fourth-order valence-corrected chi connectivity index (χ4v) is 3.29. The lowest BCUT2D eigenvalue weighted by molar-refractivity contribution is -0.123. The van der Waals surface area contributed by atoms with E-state index in [1.54, 1.807) is 17.0 Å². The number of carbonyl (C=O) groups excluding carboxylic acids is 1. The third-order valence-corrected chi connectivity index (χ3v) is 4.09. The number of benzene rings is 1. The van der Waals surface area contributed by atoms with Gasteiger partial charge in [-0.05, 0) is 37.6 Å². The molecule has 1 aliphatic rings. The molecule has 1 fully saturated rings. The smallest absolute Gasteiger partial charge is 0.266 e. The van der Waals surface area contributed by atoms with Gasteiger partial charge in [-0.25, -0.2) is 0 Å². The first-order valence-electron chi connectivity index (χ1n) is 5.51. The van der Waals surface area contributed by atoms with Crippen molar-refractivity contribution in [2.75, 3.05) is 0 Å². The van der Waals surface area contributed by atoms with Crippen LogP contribution in [0.4, 0.5) is 0 Å². The third kappa shape index (κ3) is 2.76. The van der Waals surface area contributed by atoms with Crippen molar-refractivity contribution in [3.8, 4) is 0 Å². The van der Waals surface area contributed by atoms with Gasteiger partial charge in [0, 0.05) is 11.1 Å². The van der Waals surface area contributed by atoms with Gasteiger partial charge in [-0.3, -0.25) is 9.69 Å². The van der Waals surface area contributed by atoms with Gasteiger partial charge >= 0.3 is 0 Å². The number of halogens is 1. The largest absolute Gasteiger partial charge is 0.290 e. The van der Waals surface area contributed by atoms with E-state index in [1.807, 2.05) is 32.1 Å². The standard InChI is InChI=1S/C13H12ClNOS2/c1-8(2)15-12(16)11(18-13(15)17)7-9-3-5-10(14)6-4-9/h3-8H,1-2H3/b11-7-. The molecule has 0 bridgehead atoms. The topological polar surface area (TPSA) is 20.3 Å². The minimum atomic E-state index is -0.0186. The maximum absolute atomic E-state index is 12.2. The summed E-state index contributed by atoms with van der Waals surface area (Å²) in [6.45, 7) is 3.91. The number of carbonyl (C=O) groups is 1. The van der Waals surface area contributed by atoms with Crippen molar-refractivity contribution in [2.24, 2.45) is 0 Å². The van der Waals surface area contributed by atoms with Crippen LogP contribution in [0.15, 0.2) is 29.2 Å². The minimum absolute atomic E-state index is 0.0186. The molecule has 2 nitrogen and oxygen atoms in total. The van der Waals surface area contributed by atoms with Crippen molar-refractivity contribution in [1.29, 1.82) is 0 Å². The van der Waals surface area contributed by atoms with Gasteiger partial charge in [0.2, 0.25) is 0 Å². The fourth-order valence-electron chi connectivity index (χ4n) is 1.64. The third-order valence-electron chi connectivity index (χ3n) is 2.51. The molecule has 2 rings (SSSR count). The zero-order valence-electron chi connectivity index (χ0n) is 10.0. The van der Waals surface area contributed by atoms with Crippen LogP contribution in [0.2, 0.25) is 5.02 Å². The predicted octanol–water partition coefficient (Wildman–Crippen LogP) is 3.95. The van der Waals surface area contributed by atoms with E-state index in [2.05, 4.69) is 0 Å². The number of hydrogen-bond acceptors (Lipinski definition) is 3. The zero-order chi connectivity index (χ0) is 13.3. The molecule has 94 valence electrons. The molecule has 0 saturated carbocycles. The van der Waals surface area contributed by atoms with Gasteiger partial charge in [0.1, 0.15) is 4.32 Å². The number of rotatable bonds is 2. The van der Waals surface area contributed by atoms with Gasteiger partial charge in [-0.2, -0.15) is 0 Å². The number of nitrogens with zero attached hydrogens (tertiary/aromatic N) is 1. The van der Waals surface area contributed by atoms with Gasteiger partial charge in [-0.15, -0.1) is 0 Å². The van der Waals surface area contributed by atoms with Crippen LogP contribution in [0, 0.1) is 0 Å². The molecule has 1 heterocycles. The summed E-state index contributed by atoms with van der Waals surface area (Å²) in [5.41, 5.74) is 0.948. The Morgan fingerprint density at radius 1 is 1.33 bits per heavy atom. The maximum atomic E-state index is 12.2. The molecule has 0 radical (unpaired) electrons. The van der Waals surface area contributed by atoms with Crippen molar-refractivity contribution in [1.82, 2.24) is 4.90 Å². The van der Waals surface area contributed by atoms with Crippen LogP contribution in [0.5, 0.6) is 0 Å². The van der Waals surface area contributed by atoms with E-state index >= 15 is 0 Å². The predicted molar refractivity (Wildman–Crippen MR) is 81.6 cm³/mol. The highest BCUT2D eigenvalue weighted by molar-refractivity contribution is 8.26. The van der Waals surface area contributed by atoms with Crippen molar-refractivity contribution in [2.45, 2.75) is 19.9 Å². The van der Waals surface area contributed by atoms with Crippen LogP contribution in [0.25, 0.3) is 6.08 Å². The molecule has 5 heteroatoms. The number of hydrogen-bond donors (Lipinski definition) is 0. The van der Waals surface area contributed by atoms with E-state index in [0.29, 0.717) is 14.2 Å². The van der Waals surface area contributed by atoms with Crippen molar-refractivity contribution < 1.29 is 4.79 Å². The van der Waals surface area contributed by atoms with E-state index in [9.17, 15) is 4.79 Å². The Morgan fingerprint density at radius 3 is 2.44 bits per heavy atom. The minimum Gasteiger partial charge on any atom is -0.290 e. The zero-order valence-corrected chi connectivity index (χ0v) is 12.4. The summed E-state index contributed by atoms with van der Waals surface area (Å²) in [7, 11) is 0. The van der Waals surface area contributed by atoms with Gasteiger partial charge < -0.3 is 0 Å². The lowest BCUT2D eigenvalue weighted by Crippen LogP contribution is -2.34. The first-order chi connectivity index (χ1) is 8.49. The second-order valence-corrected chi connectivity index (χ2v) is 6.31. The molecule has 18 heavy (non-hydrogen) atoms. The molecule has 0 atom stereocenters. The summed E-state index contributed by atoms with van der Waals surface area (Å²) < 4.78 is 0.621. The van der Waals surface area contributed by atoms with Crippen molar-refractivity contribution in [3.63, 3.8) is 0 Å². The summed E-state index contributed by atoms with van der Waals surface area (Å²) in [5.74, 6) is -0.0186. The molecule has 0 unspecified atom stereocenters. The number of thiocarbonyl (C=S) groups is 1. The first kappa shape index (κ1) is 13.6. The summed E-state index contributed by atoms with van der Waals surface area (Å²) in [6.07, 6.45) is 1.85. The van der Waals surface area contributed by atoms with Gasteiger partial charge in [-0.1, -0.05) is 47.7 Å². The molecule has 0 aliphatic carbocycles. The number of amides is 1. The lowest BCUT2D eigenvalue weighted by atomic mass is 10.2. The number of thioether (sulfide) groups is 1. The van der Waals surface area contributed by atoms with E-state index < -0.39 is 0 Å². The Bertz CT molecular complexity index is 522. The van der Waals surface area contributed by atoms with Crippen LogP contribution >= 0.6 is 35.6 Å². The molecule has 0 aromatic heterocycles. The van der Waals surface area contributed by atoms with E-state index in [-0.39, 0.29) is 11.9 Å². The Hall–Kier alpha value is -0.840. The van der Waals surface area contributed by atoms with Crippen molar-refractivity contribution in [3.05, 3.63) is 39.8 Å². The van der Waals surface area contributed by atoms with E-state index in [4.69, 9.17) is 23.8 Å².